The van der Waals surface area contributed by atoms with Gasteiger partial charge in [-0.25, -0.2) is 0 Å². The number of hydrogen-bond donors (Lipinski definition) is 2. The Kier molecular flexibility index (Phi) is 2.75. The summed E-state index contributed by atoms with van der Waals surface area (Å²) in [7, 11) is 2.30. The van der Waals surface area contributed by atoms with Crippen molar-refractivity contribution in [3.8, 4) is 0 Å². The van der Waals surface area contributed by atoms with E-state index in [-0.39, 0.29) is 0 Å². The summed E-state index contributed by atoms with van der Waals surface area (Å²) >= 11 is 0. The number of hydrogen-bond acceptors (Lipinski definition) is 4. The molecule has 0 aromatic rings. The second-order valence-corrected chi connectivity index (χ2v) is 5.37. The number of rotatable bonds is 1. The largest absolute Gasteiger partial charge is 0.355 e. The Balaban J connectivity index is 1.61. The topological polar surface area (TPSA) is 39.7 Å². The normalized spacial score (nSPS) is 39.1. The molecule has 3 aliphatic heterocycles. The SMILES string of the molecule is CN1C2CCCC1CC(NC1=NCCN1)C2. The third-order valence-corrected chi connectivity index (χ3v) is 4.35. The summed E-state index contributed by atoms with van der Waals surface area (Å²) in [4.78, 5) is 7.03. The first-order valence-electron chi connectivity index (χ1n) is 6.60. The molecule has 4 heteroatoms. The summed E-state index contributed by atoms with van der Waals surface area (Å²) in [6, 6.07) is 2.23. The van der Waals surface area contributed by atoms with E-state index in [9.17, 15) is 0 Å². The molecule has 3 heterocycles. The van der Waals surface area contributed by atoms with Gasteiger partial charge >= 0.3 is 0 Å². The van der Waals surface area contributed by atoms with Crippen molar-refractivity contribution in [2.24, 2.45) is 4.99 Å². The van der Waals surface area contributed by atoms with Gasteiger partial charge in [-0.05, 0) is 32.7 Å². The molecule has 3 rings (SSSR count). The van der Waals surface area contributed by atoms with E-state index in [0.717, 1.165) is 31.1 Å². The standard InChI is InChI=1S/C12H22N4/c1-16-10-3-2-4-11(16)8-9(7-10)15-12-13-5-6-14-12/h9-11H,2-8H2,1H3,(H2,13,14,15). The van der Waals surface area contributed by atoms with Gasteiger partial charge in [-0.3, -0.25) is 4.99 Å². The average molecular weight is 222 g/mol. The number of nitrogens with one attached hydrogen (secondary N) is 2. The van der Waals surface area contributed by atoms with E-state index in [0.29, 0.717) is 6.04 Å². The van der Waals surface area contributed by atoms with Gasteiger partial charge in [0.1, 0.15) is 0 Å². The highest BCUT2D eigenvalue weighted by atomic mass is 15.2. The highest BCUT2D eigenvalue weighted by Crippen LogP contribution is 2.32. The van der Waals surface area contributed by atoms with Crippen LogP contribution in [0.2, 0.25) is 0 Å². The molecule has 2 saturated heterocycles. The fraction of sp³-hybridized carbons (Fsp3) is 0.917. The maximum atomic E-state index is 4.42. The van der Waals surface area contributed by atoms with Crippen molar-refractivity contribution in [1.82, 2.24) is 15.5 Å². The van der Waals surface area contributed by atoms with Gasteiger partial charge in [0.05, 0.1) is 6.54 Å². The highest BCUT2D eigenvalue weighted by Gasteiger charge is 2.36. The fourth-order valence-electron chi connectivity index (χ4n) is 3.42. The summed E-state index contributed by atoms with van der Waals surface area (Å²) in [5.74, 6) is 1.03. The maximum Gasteiger partial charge on any atom is 0.191 e. The number of piperidine rings is 2. The van der Waals surface area contributed by atoms with Crippen molar-refractivity contribution < 1.29 is 0 Å². The lowest BCUT2D eigenvalue weighted by Crippen LogP contribution is -2.56. The minimum atomic E-state index is 0.635. The predicted molar refractivity (Wildman–Crippen MR) is 65.7 cm³/mol. The van der Waals surface area contributed by atoms with Gasteiger partial charge in [0.15, 0.2) is 5.96 Å². The molecule has 0 aromatic heterocycles. The molecule has 2 atom stereocenters. The first kappa shape index (κ1) is 10.4. The van der Waals surface area contributed by atoms with Gasteiger partial charge in [0.2, 0.25) is 0 Å². The Hall–Kier alpha value is -0.770. The van der Waals surface area contributed by atoms with Crippen LogP contribution in [0, 0.1) is 0 Å². The van der Waals surface area contributed by atoms with Gasteiger partial charge in [0.25, 0.3) is 0 Å². The van der Waals surface area contributed by atoms with E-state index in [4.69, 9.17) is 0 Å². The summed E-state index contributed by atoms with van der Waals surface area (Å²) in [5, 5.41) is 6.89. The molecule has 16 heavy (non-hydrogen) atoms. The lowest BCUT2D eigenvalue weighted by atomic mass is 9.82. The first-order chi connectivity index (χ1) is 7.83. The van der Waals surface area contributed by atoms with Crippen molar-refractivity contribution in [1.29, 1.82) is 0 Å². The third kappa shape index (κ3) is 1.90. The average Bonchev–Trinajstić information content (AvgIpc) is 2.72. The highest BCUT2D eigenvalue weighted by molar-refractivity contribution is 5.81. The zero-order valence-corrected chi connectivity index (χ0v) is 10.1. The van der Waals surface area contributed by atoms with Crippen LogP contribution in [0.1, 0.15) is 32.1 Å². The van der Waals surface area contributed by atoms with Crippen LogP contribution in [-0.2, 0) is 0 Å². The lowest BCUT2D eigenvalue weighted by Gasteiger charge is -2.47. The summed E-state index contributed by atoms with van der Waals surface area (Å²) in [6.07, 6.45) is 6.75. The van der Waals surface area contributed by atoms with E-state index < -0.39 is 0 Å². The minimum Gasteiger partial charge on any atom is -0.355 e. The van der Waals surface area contributed by atoms with Crippen molar-refractivity contribution in [3.63, 3.8) is 0 Å². The molecule has 0 aliphatic carbocycles. The molecule has 0 amide bonds. The maximum absolute atomic E-state index is 4.42. The Labute approximate surface area is 97.5 Å². The van der Waals surface area contributed by atoms with Gasteiger partial charge in [-0.2, -0.15) is 0 Å². The van der Waals surface area contributed by atoms with E-state index in [1.54, 1.807) is 0 Å². The van der Waals surface area contributed by atoms with Crippen LogP contribution < -0.4 is 10.6 Å². The molecule has 0 saturated carbocycles. The van der Waals surface area contributed by atoms with Gasteiger partial charge in [-0.15, -0.1) is 0 Å². The third-order valence-electron chi connectivity index (χ3n) is 4.35. The number of fused-ring (bicyclic) bond motifs is 2. The van der Waals surface area contributed by atoms with E-state index in [2.05, 4.69) is 27.6 Å². The second-order valence-electron chi connectivity index (χ2n) is 5.37. The Morgan fingerprint density at radius 2 is 2.06 bits per heavy atom. The molecule has 0 spiro atoms. The van der Waals surface area contributed by atoms with E-state index >= 15 is 0 Å². The van der Waals surface area contributed by atoms with Crippen LogP contribution in [0.5, 0.6) is 0 Å². The quantitative estimate of drug-likeness (QED) is 0.680. The van der Waals surface area contributed by atoms with Gasteiger partial charge in [0, 0.05) is 24.7 Å². The Morgan fingerprint density at radius 1 is 1.31 bits per heavy atom. The summed E-state index contributed by atoms with van der Waals surface area (Å²) < 4.78 is 0. The summed E-state index contributed by atoms with van der Waals surface area (Å²) in [5.41, 5.74) is 0. The van der Waals surface area contributed by atoms with Crippen LogP contribution in [0.3, 0.4) is 0 Å². The monoisotopic (exact) mass is 222 g/mol. The Morgan fingerprint density at radius 3 is 2.69 bits per heavy atom. The molecule has 2 fully saturated rings. The first-order valence-corrected chi connectivity index (χ1v) is 6.60. The van der Waals surface area contributed by atoms with Crippen LogP contribution in [0.25, 0.3) is 0 Å². The predicted octanol–water partition coefficient (Wildman–Crippen LogP) is 0.551. The molecule has 2 N–H and O–H groups in total. The lowest BCUT2D eigenvalue weighted by molar-refractivity contribution is 0.0527. The zero-order valence-electron chi connectivity index (χ0n) is 10.1. The molecule has 90 valence electrons. The fourth-order valence-corrected chi connectivity index (χ4v) is 3.42. The second kappa shape index (κ2) is 4.24. The van der Waals surface area contributed by atoms with Gasteiger partial charge in [-0.1, -0.05) is 6.42 Å². The van der Waals surface area contributed by atoms with Crippen molar-refractivity contribution >= 4 is 5.96 Å². The molecule has 0 aromatic carbocycles. The Bertz CT molecular complexity index is 275. The van der Waals surface area contributed by atoms with Crippen LogP contribution in [0.4, 0.5) is 0 Å². The van der Waals surface area contributed by atoms with Crippen LogP contribution in [-0.4, -0.2) is 49.1 Å². The molecule has 2 unspecified atom stereocenters. The van der Waals surface area contributed by atoms with E-state index in [1.165, 1.54) is 32.1 Å². The molecular weight excluding hydrogens is 200 g/mol. The minimum absolute atomic E-state index is 0.635. The van der Waals surface area contributed by atoms with Crippen LogP contribution in [0.15, 0.2) is 4.99 Å². The number of nitrogens with zero attached hydrogens (tertiary/aromatic N) is 2. The van der Waals surface area contributed by atoms with Gasteiger partial charge < -0.3 is 15.5 Å². The van der Waals surface area contributed by atoms with Crippen molar-refractivity contribution in [3.05, 3.63) is 0 Å². The molecular formula is C12H22N4. The number of aliphatic imine (C=N–C) groups is 1. The van der Waals surface area contributed by atoms with Crippen molar-refractivity contribution in [2.45, 2.75) is 50.2 Å². The molecule has 3 aliphatic rings. The molecule has 2 bridgehead atoms. The van der Waals surface area contributed by atoms with Crippen LogP contribution >= 0.6 is 0 Å². The number of guanidine groups is 1. The van der Waals surface area contributed by atoms with E-state index in [1.807, 2.05) is 0 Å². The van der Waals surface area contributed by atoms with Crippen molar-refractivity contribution in [2.75, 3.05) is 20.1 Å². The smallest absolute Gasteiger partial charge is 0.191 e. The molecule has 4 nitrogen and oxygen atoms in total. The molecule has 0 radical (unpaired) electrons. The summed E-state index contributed by atoms with van der Waals surface area (Å²) in [6.45, 7) is 1.93. The zero-order chi connectivity index (χ0) is 11.0.